The van der Waals surface area contributed by atoms with Gasteiger partial charge in [-0.05, 0) is 66.1 Å². The second-order valence-electron chi connectivity index (χ2n) is 7.94. The van der Waals surface area contributed by atoms with Crippen molar-refractivity contribution in [2.45, 2.75) is 60.3 Å². The summed E-state index contributed by atoms with van der Waals surface area (Å²) in [6.45, 7) is 12.4. The summed E-state index contributed by atoms with van der Waals surface area (Å²) in [5.74, 6) is 5.03. The molecule has 0 radical (unpaired) electrons. The van der Waals surface area contributed by atoms with E-state index in [4.69, 9.17) is 0 Å². The average Bonchev–Trinajstić information content (AvgIpc) is 2.09. The highest BCUT2D eigenvalue weighted by Crippen LogP contribution is 2.80. The van der Waals surface area contributed by atoms with Gasteiger partial charge in [0.15, 0.2) is 0 Å². The zero-order valence-corrected chi connectivity index (χ0v) is 11.7. The summed E-state index contributed by atoms with van der Waals surface area (Å²) >= 11 is 0. The molecule has 0 heterocycles. The molecule has 0 spiro atoms. The van der Waals surface area contributed by atoms with Crippen LogP contribution in [0.25, 0.3) is 0 Å². The van der Waals surface area contributed by atoms with Crippen LogP contribution in [0.5, 0.6) is 0 Å². The van der Waals surface area contributed by atoms with Crippen molar-refractivity contribution in [1.82, 2.24) is 0 Å². The Hall–Kier alpha value is 0. The van der Waals surface area contributed by atoms with E-state index < -0.39 is 0 Å². The van der Waals surface area contributed by atoms with Gasteiger partial charge in [0.1, 0.15) is 0 Å². The van der Waals surface area contributed by atoms with Gasteiger partial charge >= 0.3 is 0 Å². The SMILES string of the molecule is CC1CC2(C(C)C)CC3CC(C(C)C)(C1)C32. The maximum atomic E-state index is 2.51. The minimum Gasteiger partial charge on any atom is -0.0625 e. The van der Waals surface area contributed by atoms with Gasteiger partial charge in [0.05, 0.1) is 0 Å². The fourth-order valence-electron chi connectivity index (χ4n) is 6.18. The van der Waals surface area contributed by atoms with Crippen molar-refractivity contribution < 1.29 is 0 Å². The van der Waals surface area contributed by atoms with E-state index in [-0.39, 0.29) is 0 Å². The highest BCUT2D eigenvalue weighted by Gasteiger charge is 2.72. The summed E-state index contributed by atoms with van der Waals surface area (Å²) in [5, 5.41) is 0. The fraction of sp³-hybridized carbons (Fsp3) is 1.00. The molecular formula is C16H28. The molecule has 0 aromatic carbocycles. The minimum atomic E-state index is 0.755. The van der Waals surface area contributed by atoms with Gasteiger partial charge < -0.3 is 0 Å². The average molecular weight is 220 g/mol. The Morgan fingerprint density at radius 1 is 0.812 bits per heavy atom. The predicted molar refractivity (Wildman–Crippen MR) is 69.2 cm³/mol. The number of hydrogen-bond acceptors (Lipinski definition) is 0. The highest BCUT2D eigenvalue weighted by molar-refractivity contribution is 5.21. The van der Waals surface area contributed by atoms with Gasteiger partial charge in [-0.15, -0.1) is 0 Å². The third-order valence-electron chi connectivity index (χ3n) is 6.75. The molecule has 0 amide bonds. The van der Waals surface area contributed by atoms with Crippen LogP contribution in [0.4, 0.5) is 0 Å². The Kier molecular flexibility index (Phi) is 2.12. The van der Waals surface area contributed by atoms with Gasteiger partial charge in [-0.25, -0.2) is 0 Å². The lowest BCUT2D eigenvalue weighted by Crippen LogP contribution is -2.71. The molecule has 3 aliphatic rings. The zero-order chi connectivity index (χ0) is 11.7. The second-order valence-corrected chi connectivity index (χ2v) is 7.94. The van der Waals surface area contributed by atoms with E-state index >= 15 is 0 Å². The molecule has 2 atom stereocenters. The Labute approximate surface area is 101 Å². The summed E-state index contributed by atoms with van der Waals surface area (Å²) in [5.41, 5.74) is 1.51. The zero-order valence-electron chi connectivity index (χ0n) is 11.7. The van der Waals surface area contributed by atoms with Crippen LogP contribution in [0, 0.1) is 40.4 Å². The van der Waals surface area contributed by atoms with Crippen molar-refractivity contribution in [3.05, 3.63) is 0 Å². The van der Waals surface area contributed by atoms with Crippen molar-refractivity contribution in [2.24, 2.45) is 40.4 Å². The van der Waals surface area contributed by atoms with E-state index in [1.54, 1.807) is 12.8 Å². The van der Waals surface area contributed by atoms with Gasteiger partial charge in [-0.2, -0.15) is 0 Å². The van der Waals surface area contributed by atoms with Gasteiger partial charge in [-0.3, -0.25) is 0 Å². The van der Waals surface area contributed by atoms with Crippen molar-refractivity contribution in [1.29, 1.82) is 0 Å². The highest BCUT2D eigenvalue weighted by atomic mass is 14.8. The monoisotopic (exact) mass is 220 g/mol. The largest absolute Gasteiger partial charge is 0.0625 e. The summed E-state index contributed by atoms with van der Waals surface area (Å²) in [6.07, 6.45) is 6.18. The molecule has 3 saturated carbocycles. The van der Waals surface area contributed by atoms with Gasteiger partial charge in [0, 0.05) is 0 Å². The lowest BCUT2D eigenvalue weighted by atomic mass is 9.26. The molecule has 3 aliphatic carbocycles. The molecule has 0 heteroatoms. The normalized spacial score (nSPS) is 54.6. The van der Waals surface area contributed by atoms with E-state index in [9.17, 15) is 0 Å². The van der Waals surface area contributed by atoms with E-state index in [0.717, 1.165) is 40.4 Å². The molecule has 3 rings (SSSR count). The van der Waals surface area contributed by atoms with Crippen molar-refractivity contribution in [2.75, 3.05) is 0 Å². The third-order valence-corrected chi connectivity index (χ3v) is 6.75. The Morgan fingerprint density at radius 3 is 1.56 bits per heavy atom. The van der Waals surface area contributed by atoms with E-state index in [0.29, 0.717) is 0 Å². The topological polar surface area (TPSA) is 0 Å². The lowest BCUT2D eigenvalue weighted by Gasteiger charge is -2.78. The van der Waals surface area contributed by atoms with E-state index in [1.165, 1.54) is 12.8 Å². The Balaban J connectivity index is 1.95. The van der Waals surface area contributed by atoms with Crippen molar-refractivity contribution >= 4 is 0 Å². The first kappa shape index (κ1) is 11.1. The predicted octanol–water partition coefficient (Wildman–Crippen LogP) is 4.74. The lowest BCUT2D eigenvalue weighted by molar-refractivity contribution is -0.296. The van der Waals surface area contributed by atoms with Crippen LogP contribution in [-0.2, 0) is 0 Å². The van der Waals surface area contributed by atoms with Crippen LogP contribution in [0.3, 0.4) is 0 Å². The molecular weight excluding hydrogens is 192 g/mol. The number of hydrogen-bond donors (Lipinski definition) is 0. The quantitative estimate of drug-likeness (QED) is 0.630. The first-order chi connectivity index (χ1) is 7.42. The van der Waals surface area contributed by atoms with Crippen LogP contribution in [0.1, 0.15) is 60.3 Å². The van der Waals surface area contributed by atoms with Gasteiger partial charge in [0.2, 0.25) is 0 Å². The number of rotatable bonds is 2. The molecule has 0 nitrogen and oxygen atoms in total. The van der Waals surface area contributed by atoms with Crippen LogP contribution in [0.2, 0.25) is 0 Å². The van der Waals surface area contributed by atoms with E-state index in [2.05, 4.69) is 34.6 Å². The van der Waals surface area contributed by atoms with Gasteiger partial charge in [-0.1, -0.05) is 34.6 Å². The third kappa shape index (κ3) is 1.03. The molecule has 0 aliphatic heterocycles. The van der Waals surface area contributed by atoms with Crippen LogP contribution >= 0.6 is 0 Å². The summed E-state index contributed by atoms with van der Waals surface area (Å²) < 4.78 is 0. The van der Waals surface area contributed by atoms with Crippen LogP contribution in [-0.4, -0.2) is 0 Å². The summed E-state index contributed by atoms with van der Waals surface area (Å²) in [6, 6.07) is 0. The Bertz CT molecular complexity index is 275. The second kappa shape index (κ2) is 3.06. The molecule has 16 heavy (non-hydrogen) atoms. The summed E-state index contributed by atoms with van der Waals surface area (Å²) in [7, 11) is 0. The molecule has 3 fully saturated rings. The molecule has 2 unspecified atom stereocenters. The molecule has 0 aromatic heterocycles. The first-order valence-electron chi connectivity index (χ1n) is 7.42. The molecule has 0 saturated heterocycles. The minimum absolute atomic E-state index is 0.755. The van der Waals surface area contributed by atoms with Crippen molar-refractivity contribution in [3.8, 4) is 0 Å². The molecule has 0 N–H and O–H groups in total. The smallest absolute Gasteiger partial charge is 0.0233 e. The van der Waals surface area contributed by atoms with Gasteiger partial charge in [0.25, 0.3) is 0 Å². The first-order valence-corrected chi connectivity index (χ1v) is 7.42. The van der Waals surface area contributed by atoms with Crippen LogP contribution in [0.15, 0.2) is 0 Å². The fourth-order valence-corrected chi connectivity index (χ4v) is 6.18. The molecule has 0 bridgehead atoms. The maximum Gasteiger partial charge on any atom is -0.0233 e. The van der Waals surface area contributed by atoms with Crippen molar-refractivity contribution in [3.63, 3.8) is 0 Å². The van der Waals surface area contributed by atoms with Crippen LogP contribution < -0.4 is 0 Å². The summed E-state index contributed by atoms with van der Waals surface area (Å²) in [4.78, 5) is 0. The Morgan fingerprint density at radius 2 is 1.25 bits per heavy atom. The van der Waals surface area contributed by atoms with E-state index in [1.807, 2.05) is 0 Å². The maximum absolute atomic E-state index is 2.51. The molecule has 0 aromatic rings. The molecule has 92 valence electrons. The standard InChI is InChI=1S/C16H28/c1-10(2)15-6-12(5)7-16(11(3)4)9-13(8-15)14(15)16/h10-14H,6-9H2,1-5H3.